The van der Waals surface area contributed by atoms with E-state index in [2.05, 4.69) is 6.07 Å². The van der Waals surface area contributed by atoms with Gasteiger partial charge in [0.05, 0.1) is 18.6 Å². The minimum Gasteiger partial charge on any atom is -0.465 e. The van der Waals surface area contributed by atoms with E-state index in [1.807, 2.05) is 62.4 Å². The van der Waals surface area contributed by atoms with Gasteiger partial charge in [0.25, 0.3) is 0 Å². The van der Waals surface area contributed by atoms with Gasteiger partial charge in [-0.05, 0) is 91.4 Å². The van der Waals surface area contributed by atoms with Crippen LogP contribution < -0.4 is 0 Å². The molecule has 5 rings (SSSR count). The van der Waals surface area contributed by atoms with Crippen LogP contribution >= 0.6 is 23.2 Å². The molecule has 1 fully saturated rings. The van der Waals surface area contributed by atoms with E-state index >= 15 is 0 Å². The van der Waals surface area contributed by atoms with Crippen LogP contribution in [0.15, 0.2) is 97.1 Å². The van der Waals surface area contributed by atoms with E-state index in [0.717, 1.165) is 16.7 Å². The summed E-state index contributed by atoms with van der Waals surface area (Å²) in [5.41, 5.74) is 0.0288. The van der Waals surface area contributed by atoms with Gasteiger partial charge < -0.3 is 9.84 Å². The third-order valence-corrected chi connectivity index (χ3v) is 9.55. The van der Waals surface area contributed by atoms with Crippen molar-refractivity contribution in [2.45, 2.75) is 44.6 Å². The number of carbonyl (C=O) groups excluding carboxylic acids is 2. The molecule has 0 amide bonds. The molecule has 0 saturated heterocycles. The number of aliphatic hydroxyl groups is 1. The summed E-state index contributed by atoms with van der Waals surface area (Å²) >= 11 is 12.5. The first kappa shape index (κ1) is 31.5. The second-order valence-electron chi connectivity index (χ2n) is 11.4. The van der Waals surface area contributed by atoms with Crippen molar-refractivity contribution < 1.29 is 19.4 Å². The van der Waals surface area contributed by atoms with Crippen LogP contribution in [0.25, 0.3) is 0 Å². The molecule has 44 heavy (non-hydrogen) atoms. The number of esters is 1. The highest BCUT2D eigenvalue weighted by Crippen LogP contribution is 2.64. The zero-order chi connectivity index (χ0) is 31.6. The first-order valence-electron chi connectivity index (χ1n) is 14.6. The molecular weight excluding hydrogens is 593 g/mol. The molecule has 1 N–H and O–H groups in total. The van der Waals surface area contributed by atoms with E-state index in [0.29, 0.717) is 26.7 Å². The molecule has 1 aliphatic rings. The highest BCUT2D eigenvalue weighted by molar-refractivity contribution is 6.31. The van der Waals surface area contributed by atoms with Gasteiger partial charge in [0, 0.05) is 27.4 Å². The summed E-state index contributed by atoms with van der Waals surface area (Å²) in [6.45, 7) is 5.53. The Hall–Kier alpha value is -3.95. The van der Waals surface area contributed by atoms with Crippen LogP contribution in [0, 0.1) is 36.5 Å². The smallest absolute Gasteiger partial charge is 0.327 e. The number of hydrogen-bond donors (Lipinski definition) is 1. The molecule has 1 aliphatic carbocycles. The van der Waals surface area contributed by atoms with E-state index in [1.54, 1.807) is 55.5 Å². The van der Waals surface area contributed by atoms with E-state index < -0.39 is 40.5 Å². The Labute approximate surface area is 268 Å². The van der Waals surface area contributed by atoms with Crippen molar-refractivity contribution in [3.8, 4) is 6.07 Å². The molecule has 224 valence electrons. The van der Waals surface area contributed by atoms with Crippen LogP contribution in [0.5, 0.6) is 0 Å². The Balaban J connectivity index is 1.93. The zero-order valence-corrected chi connectivity index (χ0v) is 26.3. The second-order valence-corrected chi connectivity index (χ2v) is 12.3. The molecule has 5 unspecified atom stereocenters. The molecule has 0 spiro atoms. The summed E-state index contributed by atoms with van der Waals surface area (Å²) < 4.78 is 5.71. The maximum Gasteiger partial charge on any atom is 0.327 e. The summed E-state index contributed by atoms with van der Waals surface area (Å²) in [6, 6.07) is 30.5. The number of rotatable bonds is 7. The first-order valence-corrected chi connectivity index (χ1v) is 15.3. The number of ether oxygens (including phenoxy) is 1. The fraction of sp³-hybridized carbons (Fsp3) is 0.270. The standard InChI is InChI=1S/C37H33Cl2NO4/c1-4-44-35(42)36(22-40)31(29-11-7-5-9-23(29)2)21-37(43,26-15-19-28(39)20-16-26)33(32(36)30-12-8-6-10-24(30)3)34(41)25-13-17-27(38)18-14-25/h5-20,31-33,43H,4,21H2,1-3H3. The van der Waals surface area contributed by atoms with Gasteiger partial charge >= 0.3 is 5.97 Å². The van der Waals surface area contributed by atoms with Gasteiger partial charge in [0.2, 0.25) is 0 Å². The summed E-state index contributed by atoms with van der Waals surface area (Å²) in [5, 5.41) is 25.3. The Morgan fingerprint density at radius 1 is 0.864 bits per heavy atom. The molecule has 0 aliphatic heterocycles. The summed E-state index contributed by atoms with van der Waals surface area (Å²) in [6.07, 6.45) is -0.0990. The van der Waals surface area contributed by atoms with Gasteiger partial charge in [-0.1, -0.05) is 83.9 Å². The third-order valence-electron chi connectivity index (χ3n) is 9.04. The fourth-order valence-corrected chi connectivity index (χ4v) is 7.21. The number of carbonyl (C=O) groups is 2. The molecular formula is C37H33Cl2NO4. The molecule has 5 atom stereocenters. The molecule has 4 aromatic rings. The van der Waals surface area contributed by atoms with Gasteiger partial charge in [-0.15, -0.1) is 0 Å². The SMILES string of the molecule is CCOC(=O)C1(C#N)C(c2ccccc2C)CC(O)(c2ccc(Cl)cc2)C(C(=O)c2ccc(Cl)cc2)C1c1ccccc1C. The predicted molar refractivity (Wildman–Crippen MR) is 172 cm³/mol. The van der Waals surface area contributed by atoms with Crippen molar-refractivity contribution >= 4 is 35.0 Å². The van der Waals surface area contributed by atoms with Gasteiger partial charge in [0.1, 0.15) is 5.60 Å². The third kappa shape index (κ3) is 5.32. The number of nitrogens with zero attached hydrogens (tertiary/aromatic N) is 1. The van der Waals surface area contributed by atoms with E-state index in [1.165, 1.54) is 0 Å². The molecule has 5 nitrogen and oxygen atoms in total. The maximum absolute atomic E-state index is 14.9. The quantitative estimate of drug-likeness (QED) is 0.165. The van der Waals surface area contributed by atoms with Crippen LogP contribution in [-0.4, -0.2) is 23.5 Å². The number of hydrogen-bond acceptors (Lipinski definition) is 5. The lowest BCUT2D eigenvalue weighted by Crippen LogP contribution is -2.59. The Bertz CT molecular complexity index is 1730. The van der Waals surface area contributed by atoms with Crippen molar-refractivity contribution in [3.05, 3.63) is 140 Å². The number of halogens is 2. The highest BCUT2D eigenvalue weighted by atomic mass is 35.5. The highest BCUT2D eigenvalue weighted by Gasteiger charge is 2.68. The maximum atomic E-state index is 14.9. The largest absolute Gasteiger partial charge is 0.465 e. The minimum atomic E-state index is -1.88. The molecule has 0 aromatic heterocycles. The van der Waals surface area contributed by atoms with Crippen molar-refractivity contribution in [2.24, 2.45) is 11.3 Å². The lowest BCUT2D eigenvalue weighted by atomic mass is 9.47. The summed E-state index contributed by atoms with van der Waals surface area (Å²) in [7, 11) is 0. The lowest BCUT2D eigenvalue weighted by Gasteiger charge is -2.54. The van der Waals surface area contributed by atoms with Crippen molar-refractivity contribution in [3.63, 3.8) is 0 Å². The first-order chi connectivity index (χ1) is 21.1. The molecule has 0 heterocycles. The van der Waals surface area contributed by atoms with E-state index in [-0.39, 0.29) is 13.0 Å². The van der Waals surface area contributed by atoms with Gasteiger partial charge in [0.15, 0.2) is 11.2 Å². The lowest BCUT2D eigenvalue weighted by molar-refractivity contribution is -0.164. The molecule has 0 radical (unpaired) electrons. The van der Waals surface area contributed by atoms with Crippen molar-refractivity contribution in [2.75, 3.05) is 6.61 Å². The van der Waals surface area contributed by atoms with Gasteiger partial charge in [-0.3, -0.25) is 9.59 Å². The monoisotopic (exact) mass is 625 g/mol. The summed E-state index contributed by atoms with van der Waals surface area (Å²) in [5.74, 6) is -4.35. The van der Waals surface area contributed by atoms with Gasteiger partial charge in [-0.2, -0.15) is 5.26 Å². The zero-order valence-electron chi connectivity index (χ0n) is 24.8. The Morgan fingerprint density at radius 2 is 1.39 bits per heavy atom. The molecule has 1 saturated carbocycles. The van der Waals surface area contributed by atoms with E-state index in [4.69, 9.17) is 27.9 Å². The number of ketones is 1. The fourth-order valence-electron chi connectivity index (χ4n) is 6.96. The number of nitriles is 1. The van der Waals surface area contributed by atoms with Crippen LogP contribution in [0.4, 0.5) is 0 Å². The predicted octanol–water partition coefficient (Wildman–Crippen LogP) is 8.34. The number of aryl methyl sites for hydroxylation is 2. The average Bonchev–Trinajstić information content (AvgIpc) is 3.01. The van der Waals surface area contributed by atoms with Crippen molar-refractivity contribution in [1.29, 1.82) is 5.26 Å². The topological polar surface area (TPSA) is 87.4 Å². The number of benzene rings is 4. The molecule has 4 aromatic carbocycles. The van der Waals surface area contributed by atoms with Crippen LogP contribution in [0.1, 0.15) is 63.4 Å². The molecule has 7 heteroatoms. The minimum absolute atomic E-state index is 0.0422. The van der Waals surface area contributed by atoms with Crippen LogP contribution in [-0.2, 0) is 15.1 Å². The van der Waals surface area contributed by atoms with Crippen LogP contribution in [0.2, 0.25) is 10.0 Å². The second kappa shape index (κ2) is 12.6. The Kier molecular flexibility index (Phi) is 9.00. The van der Waals surface area contributed by atoms with Crippen LogP contribution in [0.3, 0.4) is 0 Å². The number of Topliss-reactive ketones (excluding diaryl/α,β-unsaturated/α-hetero) is 1. The Morgan fingerprint density at radius 3 is 1.91 bits per heavy atom. The van der Waals surface area contributed by atoms with Crippen molar-refractivity contribution in [1.82, 2.24) is 0 Å². The van der Waals surface area contributed by atoms with E-state index in [9.17, 15) is 20.0 Å². The van der Waals surface area contributed by atoms with Gasteiger partial charge in [-0.25, -0.2) is 0 Å². The average molecular weight is 627 g/mol. The molecule has 0 bridgehead atoms. The summed E-state index contributed by atoms with van der Waals surface area (Å²) in [4.78, 5) is 29.3. The normalized spacial score (nSPS) is 24.7.